The third-order valence-electron chi connectivity index (χ3n) is 7.53. The third-order valence-corrected chi connectivity index (χ3v) is 7.53. The van der Waals surface area contributed by atoms with Crippen LogP contribution >= 0.6 is 0 Å². The highest BCUT2D eigenvalue weighted by molar-refractivity contribution is 5.79. The Labute approximate surface area is 214 Å². The van der Waals surface area contributed by atoms with Gasteiger partial charge in [0.15, 0.2) is 0 Å². The number of rotatable bonds is 13. The average molecular weight is 504 g/mol. The third kappa shape index (κ3) is 6.76. The first-order chi connectivity index (χ1) is 17.3. The molecule has 3 atom stereocenters. The van der Waals surface area contributed by atoms with Gasteiger partial charge in [-0.2, -0.15) is 0 Å². The van der Waals surface area contributed by atoms with E-state index in [1.165, 1.54) is 6.92 Å². The lowest BCUT2D eigenvalue weighted by atomic mass is 9.83. The van der Waals surface area contributed by atoms with Gasteiger partial charge >= 0.3 is 5.97 Å². The van der Waals surface area contributed by atoms with E-state index in [9.17, 15) is 24.6 Å². The lowest BCUT2D eigenvalue weighted by molar-refractivity contribution is -0.144. The van der Waals surface area contributed by atoms with Gasteiger partial charge in [0.2, 0.25) is 11.8 Å². The molecular weight excluding hydrogens is 462 g/mol. The number of hydrogen-bond acceptors (Lipinski definition) is 6. The van der Waals surface area contributed by atoms with Crippen molar-refractivity contribution in [3.8, 4) is 5.75 Å². The molecule has 9 nitrogen and oxygen atoms in total. The molecule has 1 fully saturated rings. The molecule has 36 heavy (non-hydrogen) atoms. The molecule has 0 bridgehead atoms. The summed E-state index contributed by atoms with van der Waals surface area (Å²) >= 11 is 0. The number of ether oxygens (including phenoxy) is 1. The first kappa shape index (κ1) is 27.9. The number of benzene rings is 1. The maximum atomic E-state index is 13.4. The topological polar surface area (TPSA) is 111 Å². The Morgan fingerprint density at radius 1 is 1.17 bits per heavy atom. The van der Waals surface area contributed by atoms with Gasteiger partial charge in [-0.3, -0.25) is 19.3 Å². The SMILES string of the molecule is CCCCN(CCCO)C(=O)CN1C[C@H](c2ccc3c(c2)CCO3)[C@@H](C(=O)O)[C@@H]1CCN(C)C(C)=O. The maximum Gasteiger partial charge on any atom is 0.308 e. The van der Waals surface area contributed by atoms with Gasteiger partial charge in [-0.1, -0.05) is 25.5 Å². The molecule has 1 aromatic rings. The zero-order valence-corrected chi connectivity index (χ0v) is 21.8. The highest BCUT2D eigenvalue weighted by Gasteiger charge is 2.47. The second kappa shape index (κ2) is 13.1. The molecule has 0 aromatic heterocycles. The quantitative estimate of drug-likeness (QED) is 0.423. The molecule has 0 saturated carbocycles. The van der Waals surface area contributed by atoms with Crippen molar-refractivity contribution in [1.29, 1.82) is 0 Å². The van der Waals surface area contributed by atoms with Crippen molar-refractivity contribution in [3.63, 3.8) is 0 Å². The molecule has 2 N–H and O–H groups in total. The van der Waals surface area contributed by atoms with Crippen LogP contribution in [0.4, 0.5) is 0 Å². The van der Waals surface area contributed by atoms with Gasteiger partial charge in [0, 0.05) is 65.1 Å². The molecule has 1 saturated heterocycles. The van der Waals surface area contributed by atoms with Gasteiger partial charge in [-0.25, -0.2) is 0 Å². The number of carboxylic acids is 1. The summed E-state index contributed by atoms with van der Waals surface area (Å²) in [5, 5.41) is 19.6. The molecule has 2 amide bonds. The normalized spacial score (nSPS) is 21.2. The molecule has 1 aromatic carbocycles. The Bertz CT molecular complexity index is 915. The highest BCUT2D eigenvalue weighted by atomic mass is 16.5. The standard InChI is InChI=1S/C27H41N3O6/c1-4-5-11-29(12-6-14-31)25(33)18-30-17-22(20-7-8-24-21(16-20)10-15-36-24)26(27(34)35)23(30)9-13-28(3)19(2)32/h7-8,16,22-23,26,31H,4-6,9-15,17-18H2,1-3H3,(H,34,35)/t22-,23+,26-/m1/s1. The molecule has 0 radical (unpaired) electrons. The molecule has 200 valence electrons. The van der Waals surface area contributed by atoms with Gasteiger partial charge in [0.25, 0.3) is 0 Å². The zero-order valence-electron chi connectivity index (χ0n) is 21.8. The van der Waals surface area contributed by atoms with E-state index in [4.69, 9.17) is 4.74 Å². The van der Waals surface area contributed by atoms with Crippen molar-refractivity contribution in [1.82, 2.24) is 14.7 Å². The summed E-state index contributed by atoms with van der Waals surface area (Å²) in [6.45, 7) is 6.32. The van der Waals surface area contributed by atoms with Crippen molar-refractivity contribution in [2.75, 3.05) is 53.0 Å². The average Bonchev–Trinajstić information content (AvgIpc) is 3.46. The molecule has 0 spiro atoms. The Kier molecular flexibility index (Phi) is 10.1. The Hall–Kier alpha value is -2.65. The number of hydrogen-bond donors (Lipinski definition) is 2. The number of nitrogens with zero attached hydrogens (tertiary/aromatic N) is 3. The lowest BCUT2D eigenvalue weighted by Gasteiger charge is -2.30. The van der Waals surface area contributed by atoms with Crippen molar-refractivity contribution in [2.45, 2.75) is 57.9 Å². The number of likely N-dealkylation sites (tertiary alicyclic amines) is 1. The highest BCUT2D eigenvalue weighted by Crippen LogP contribution is 2.41. The van der Waals surface area contributed by atoms with Crippen LogP contribution in [0, 0.1) is 5.92 Å². The second-order valence-electron chi connectivity index (χ2n) is 9.97. The number of amides is 2. The first-order valence-electron chi connectivity index (χ1n) is 13.1. The predicted octanol–water partition coefficient (Wildman–Crippen LogP) is 1.97. The van der Waals surface area contributed by atoms with Crippen LogP contribution in [0.2, 0.25) is 0 Å². The fourth-order valence-electron chi connectivity index (χ4n) is 5.36. The van der Waals surface area contributed by atoms with Crippen LogP contribution in [0.25, 0.3) is 0 Å². The van der Waals surface area contributed by atoms with E-state index < -0.39 is 11.9 Å². The van der Waals surface area contributed by atoms with Crippen molar-refractivity contribution >= 4 is 17.8 Å². The predicted molar refractivity (Wildman–Crippen MR) is 136 cm³/mol. The molecule has 2 aliphatic heterocycles. The van der Waals surface area contributed by atoms with Crippen molar-refractivity contribution in [3.05, 3.63) is 29.3 Å². The fourth-order valence-corrected chi connectivity index (χ4v) is 5.36. The molecule has 0 aliphatic carbocycles. The van der Waals surface area contributed by atoms with Crippen molar-refractivity contribution < 1.29 is 29.3 Å². The zero-order chi connectivity index (χ0) is 26.2. The molecule has 2 aliphatic rings. The number of fused-ring (bicyclic) bond motifs is 1. The minimum absolute atomic E-state index is 0.0187. The minimum atomic E-state index is -0.884. The molecule has 0 unspecified atom stereocenters. The van der Waals surface area contributed by atoms with Gasteiger partial charge in [-0.15, -0.1) is 0 Å². The van der Waals surface area contributed by atoms with Crippen LogP contribution < -0.4 is 4.74 Å². The Morgan fingerprint density at radius 3 is 2.58 bits per heavy atom. The van der Waals surface area contributed by atoms with E-state index in [1.807, 2.05) is 17.0 Å². The number of aliphatic hydroxyl groups is 1. The van der Waals surface area contributed by atoms with E-state index in [0.717, 1.165) is 36.1 Å². The monoisotopic (exact) mass is 503 g/mol. The summed E-state index contributed by atoms with van der Waals surface area (Å²) < 4.78 is 5.63. The largest absolute Gasteiger partial charge is 0.493 e. The van der Waals surface area contributed by atoms with Crippen LogP contribution in [-0.4, -0.2) is 102 Å². The van der Waals surface area contributed by atoms with E-state index in [2.05, 4.69) is 13.0 Å². The van der Waals surface area contributed by atoms with Crippen LogP contribution in [0.5, 0.6) is 5.75 Å². The van der Waals surface area contributed by atoms with Gasteiger partial charge in [0.05, 0.1) is 19.1 Å². The number of aliphatic carboxylic acids is 1. The lowest BCUT2D eigenvalue weighted by Crippen LogP contribution is -2.45. The molecule has 2 heterocycles. The van der Waals surface area contributed by atoms with Gasteiger partial charge < -0.3 is 24.7 Å². The Morgan fingerprint density at radius 2 is 1.92 bits per heavy atom. The number of carbonyl (C=O) groups excluding carboxylic acids is 2. The molecule has 3 rings (SSSR count). The summed E-state index contributed by atoms with van der Waals surface area (Å²) in [5.41, 5.74) is 2.04. The summed E-state index contributed by atoms with van der Waals surface area (Å²) in [5.74, 6) is -1.12. The van der Waals surface area contributed by atoms with E-state index >= 15 is 0 Å². The molecular formula is C27H41N3O6. The summed E-state index contributed by atoms with van der Waals surface area (Å²) in [4.78, 5) is 43.1. The van der Waals surface area contributed by atoms with Gasteiger partial charge in [0.1, 0.15) is 5.75 Å². The summed E-state index contributed by atoms with van der Waals surface area (Å²) in [7, 11) is 1.71. The van der Waals surface area contributed by atoms with Crippen LogP contribution in [0.1, 0.15) is 56.6 Å². The van der Waals surface area contributed by atoms with Crippen LogP contribution in [0.15, 0.2) is 18.2 Å². The van der Waals surface area contributed by atoms with E-state index in [-0.39, 0.29) is 36.9 Å². The maximum absolute atomic E-state index is 13.4. The van der Waals surface area contributed by atoms with Gasteiger partial charge in [-0.05, 0) is 36.5 Å². The first-order valence-corrected chi connectivity index (χ1v) is 13.1. The minimum Gasteiger partial charge on any atom is -0.493 e. The number of aliphatic hydroxyl groups excluding tert-OH is 1. The van der Waals surface area contributed by atoms with Crippen molar-refractivity contribution in [2.24, 2.45) is 5.92 Å². The van der Waals surface area contributed by atoms with E-state index in [0.29, 0.717) is 45.6 Å². The summed E-state index contributed by atoms with van der Waals surface area (Å²) in [6.07, 6.45) is 3.62. The second-order valence-corrected chi connectivity index (χ2v) is 9.97. The Balaban J connectivity index is 1.86. The van der Waals surface area contributed by atoms with Crippen LogP contribution in [-0.2, 0) is 20.8 Å². The van der Waals surface area contributed by atoms with E-state index in [1.54, 1.807) is 16.8 Å². The molecule has 9 heteroatoms. The smallest absolute Gasteiger partial charge is 0.308 e. The fraction of sp³-hybridized carbons (Fsp3) is 0.667. The number of unbranched alkanes of at least 4 members (excludes halogenated alkanes) is 1. The number of carbonyl (C=O) groups is 3. The van der Waals surface area contributed by atoms with Crippen LogP contribution in [0.3, 0.4) is 0 Å². The number of carboxylic acid groups (broad SMARTS) is 1. The summed E-state index contributed by atoms with van der Waals surface area (Å²) in [6, 6.07) is 5.55.